The molecule has 16 heavy (non-hydrogen) atoms. The maximum absolute atomic E-state index is 12.8. The van der Waals surface area contributed by atoms with Gasteiger partial charge >= 0.3 is 0 Å². The summed E-state index contributed by atoms with van der Waals surface area (Å²) in [6.07, 6.45) is 2.72. The summed E-state index contributed by atoms with van der Waals surface area (Å²) in [7, 11) is 0. The van der Waals surface area contributed by atoms with E-state index in [4.69, 9.17) is 10.5 Å². The second kappa shape index (κ2) is 4.61. The zero-order valence-electron chi connectivity index (χ0n) is 8.56. The number of ether oxygens (including phenoxy) is 1. The van der Waals surface area contributed by atoms with Crippen LogP contribution in [0.4, 0.5) is 10.1 Å². The van der Waals surface area contributed by atoms with E-state index >= 15 is 0 Å². The molecule has 0 spiro atoms. The van der Waals surface area contributed by atoms with Crippen molar-refractivity contribution in [2.45, 2.75) is 6.61 Å². The summed E-state index contributed by atoms with van der Waals surface area (Å²) in [5, 5.41) is 0. The van der Waals surface area contributed by atoms with E-state index in [0.29, 0.717) is 17.0 Å². The Morgan fingerprint density at radius 2 is 2.12 bits per heavy atom. The van der Waals surface area contributed by atoms with Crippen LogP contribution in [0.15, 0.2) is 42.7 Å². The highest BCUT2D eigenvalue weighted by Gasteiger charge is 1.98. The molecule has 0 fully saturated rings. The number of nitrogen functional groups attached to an aromatic ring is 1. The Hall–Kier alpha value is -2.10. The summed E-state index contributed by atoms with van der Waals surface area (Å²) >= 11 is 0. The fraction of sp³-hybridized carbons (Fsp3) is 0.0833. The molecule has 4 heteroatoms. The van der Waals surface area contributed by atoms with Crippen molar-refractivity contribution in [1.29, 1.82) is 0 Å². The minimum Gasteiger partial charge on any atom is -0.489 e. The van der Waals surface area contributed by atoms with Crippen LogP contribution in [-0.4, -0.2) is 4.98 Å². The number of hydrogen-bond acceptors (Lipinski definition) is 3. The van der Waals surface area contributed by atoms with Crippen LogP contribution in [0, 0.1) is 5.82 Å². The summed E-state index contributed by atoms with van der Waals surface area (Å²) in [6.45, 7) is 0.272. The highest BCUT2D eigenvalue weighted by molar-refractivity contribution is 5.43. The van der Waals surface area contributed by atoms with Gasteiger partial charge in [0.1, 0.15) is 18.2 Å². The minimum atomic E-state index is -0.367. The van der Waals surface area contributed by atoms with Crippen LogP contribution in [0.1, 0.15) is 5.56 Å². The van der Waals surface area contributed by atoms with Gasteiger partial charge in [0, 0.05) is 23.5 Å². The van der Waals surface area contributed by atoms with Gasteiger partial charge in [-0.05, 0) is 18.2 Å². The number of hydrogen-bond donors (Lipinski definition) is 1. The first-order valence-corrected chi connectivity index (χ1v) is 4.82. The summed E-state index contributed by atoms with van der Waals surface area (Å²) < 4.78 is 18.3. The molecule has 0 bridgehead atoms. The molecular formula is C12H11FN2O. The Morgan fingerprint density at radius 3 is 2.88 bits per heavy atom. The van der Waals surface area contributed by atoms with Gasteiger partial charge in [-0.1, -0.05) is 6.07 Å². The molecule has 2 N–H and O–H groups in total. The molecule has 1 aromatic carbocycles. The van der Waals surface area contributed by atoms with Crippen LogP contribution in [-0.2, 0) is 6.61 Å². The summed E-state index contributed by atoms with van der Waals surface area (Å²) in [5.41, 5.74) is 6.92. The molecule has 0 amide bonds. The summed E-state index contributed by atoms with van der Waals surface area (Å²) in [5.74, 6) is 0.290. The van der Waals surface area contributed by atoms with E-state index in [-0.39, 0.29) is 12.4 Å². The second-order valence-electron chi connectivity index (χ2n) is 3.37. The van der Waals surface area contributed by atoms with E-state index in [9.17, 15) is 4.39 Å². The lowest BCUT2D eigenvalue weighted by Crippen LogP contribution is -1.97. The van der Waals surface area contributed by atoms with Crippen molar-refractivity contribution >= 4 is 5.69 Å². The van der Waals surface area contributed by atoms with Gasteiger partial charge < -0.3 is 10.5 Å². The first-order valence-electron chi connectivity index (χ1n) is 4.82. The first kappa shape index (κ1) is 10.4. The van der Waals surface area contributed by atoms with Crippen molar-refractivity contribution < 1.29 is 9.13 Å². The molecule has 0 saturated carbocycles. The third-order valence-electron chi connectivity index (χ3n) is 2.03. The molecule has 0 unspecified atom stereocenters. The largest absolute Gasteiger partial charge is 0.489 e. The monoisotopic (exact) mass is 218 g/mol. The second-order valence-corrected chi connectivity index (χ2v) is 3.37. The molecule has 0 atom stereocenters. The zero-order chi connectivity index (χ0) is 11.4. The number of aromatic nitrogens is 1. The van der Waals surface area contributed by atoms with E-state index in [1.807, 2.05) is 0 Å². The van der Waals surface area contributed by atoms with Crippen LogP contribution in [0.25, 0.3) is 0 Å². The normalized spacial score (nSPS) is 10.1. The summed E-state index contributed by atoms with van der Waals surface area (Å²) in [4.78, 5) is 3.73. The molecule has 2 rings (SSSR count). The van der Waals surface area contributed by atoms with E-state index < -0.39 is 0 Å². The Labute approximate surface area is 92.7 Å². The van der Waals surface area contributed by atoms with Crippen LogP contribution in [0.5, 0.6) is 5.75 Å². The van der Waals surface area contributed by atoms with E-state index in [0.717, 1.165) is 6.20 Å². The molecular weight excluding hydrogens is 207 g/mol. The molecule has 0 aliphatic carbocycles. The number of nitrogens with two attached hydrogens (primary N) is 1. The van der Waals surface area contributed by atoms with E-state index in [2.05, 4.69) is 4.98 Å². The molecule has 0 aliphatic rings. The Bertz CT molecular complexity index is 442. The Morgan fingerprint density at radius 1 is 1.25 bits per heavy atom. The van der Waals surface area contributed by atoms with Crippen molar-refractivity contribution in [1.82, 2.24) is 4.98 Å². The van der Waals surface area contributed by atoms with Crippen molar-refractivity contribution in [3.05, 3.63) is 54.1 Å². The average Bonchev–Trinajstić information content (AvgIpc) is 2.27. The number of benzene rings is 1. The van der Waals surface area contributed by atoms with Crippen LogP contribution in [0.3, 0.4) is 0 Å². The zero-order valence-corrected chi connectivity index (χ0v) is 8.56. The van der Waals surface area contributed by atoms with Crippen molar-refractivity contribution in [2.75, 3.05) is 5.73 Å². The van der Waals surface area contributed by atoms with Gasteiger partial charge in [-0.3, -0.25) is 4.98 Å². The molecule has 0 aliphatic heterocycles. The molecule has 2 aromatic rings. The number of rotatable bonds is 3. The lowest BCUT2D eigenvalue weighted by atomic mass is 10.3. The van der Waals surface area contributed by atoms with E-state index in [1.165, 1.54) is 6.07 Å². The summed E-state index contributed by atoms with van der Waals surface area (Å²) in [6, 6.07) is 8.47. The quantitative estimate of drug-likeness (QED) is 0.804. The van der Waals surface area contributed by atoms with Crippen LogP contribution in [0.2, 0.25) is 0 Å². The number of halogens is 1. The third kappa shape index (κ3) is 2.70. The smallest absolute Gasteiger partial charge is 0.141 e. The number of nitrogens with zero attached hydrogens (tertiary/aromatic N) is 1. The van der Waals surface area contributed by atoms with Gasteiger partial charge in [-0.2, -0.15) is 0 Å². The van der Waals surface area contributed by atoms with Crippen molar-refractivity contribution in [3.8, 4) is 5.75 Å². The fourth-order valence-electron chi connectivity index (χ4n) is 1.31. The third-order valence-corrected chi connectivity index (χ3v) is 2.03. The van der Waals surface area contributed by atoms with Gasteiger partial charge in [0.15, 0.2) is 0 Å². The van der Waals surface area contributed by atoms with Gasteiger partial charge in [0.05, 0.1) is 6.20 Å². The SMILES string of the molecule is Nc1cccc(OCc2cncc(F)c2)c1. The van der Waals surface area contributed by atoms with Crippen molar-refractivity contribution in [2.24, 2.45) is 0 Å². The maximum atomic E-state index is 12.8. The standard InChI is InChI=1S/C12H11FN2O/c13-10-4-9(6-15-7-10)8-16-12-3-1-2-11(14)5-12/h1-7H,8,14H2. The van der Waals surface area contributed by atoms with Crippen LogP contribution >= 0.6 is 0 Å². The lowest BCUT2D eigenvalue weighted by Gasteiger charge is -2.06. The number of pyridine rings is 1. The average molecular weight is 218 g/mol. The van der Waals surface area contributed by atoms with Gasteiger partial charge in [0.25, 0.3) is 0 Å². The lowest BCUT2D eigenvalue weighted by molar-refractivity contribution is 0.305. The molecule has 3 nitrogen and oxygen atoms in total. The Kier molecular flexibility index (Phi) is 3.00. The highest BCUT2D eigenvalue weighted by Crippen LogP contribution is 2.16. The van der Waals surface area contributed by atoms with Crippen molar-refractivity contribution in [3.63, 3.8) is 0 Å². The Balaban J connectivity index is 2.02. The van der Waals surface area contributed by atoms with Crippen LogP contribution < -0.4 is 10.5 Å². The predicted molar refractivity (Wildman–Crippen MR) is 59.4 cm³/mol. The highest BCUT2D eigenvalue weighted by atomic mass is 19.1. The predicted octanol–water partition coefficient (Wildman–Crippen LogP) is 2.38. The first-order chi connectivity index (χ1) is 7.74. The molecule has 82 valence electrons. The molecule has 1 aromatic heterocycles. The van der Waals surface area contributed by atoms with Gasteiger partial charge in [0.2, 0.25) is 0 Å². The molecule has 1 heterocycles. The topological polar surface area (TPSA) is 48.1 Å². The molecule has 0 radical (unpaired) electrons. The maximum Gasteiger partial charge on any atom is 0.141 e. The van der Waals surface area contributed by atoms with Gasteiger partial charge in [-0.25, -0.2) is 4.39 Å². The minimum absolute atomic E-state index is 0.272. The fourth-order valence-corrected chi connectivity index (χ4v) is 1.31. The van der Waals surface area contributed by atoms with Gasteiger partial charge in [-0.15, -0.1) is 0 Å². The number of anilines is 1. The van der Waals surface area contributed by atoms with E-state index in [1.54, 1.807) is 30.5 Å². The molecule has 0 saturated heterocycles.